The standard InChI is InChI=1S/C17H23ClN5O7P/c18-17-21-14(19-5-9-3-1-2-4-9)11-15(22-17)23(7-20-11)16-13(25)12(24)10(30-16)6-29-8-31(26,27)28/h6-7,9,12-13,16,24-25H,1-5,8H2,(H,19,21,22)(H2,26,27,28)/t12-,13-,16-/m1/s1. The highest BCUT2D eigenvalue weighted by Crippen LogP contribution is 2.37. The van der Waals surface area contributed by atoms with Gasteiger partial charge in [-0.1, -0.05) is 12.8 Å². The quantitative estimate of drug-likeness (QED) is 0.222. The molecular weight excluding hydrogens is 453 g/mol. The predicted molar refractivity (Wildman–Crippen MR) is 109 cm³/mol. The summed E-state index contributed by atoms with van der Waals surface area (Å²) >= 11 is 6.10. The summed E-state index contributed by atoms with van der Waals surface area (Å²) in [7, 11) is -4.40. The first-order chi connectivity index (χ1) is 14.7. The van der Waals surface area contributed by atoms with E-state index in [4.69, 9.17) is 30.9 Å². The van der Waals surface area contributed by atoms with Gasteiger partial charge in [-0.2, -0.15) is 9.97 Å². The Morgan fingerprint density at radius 3 is 2.77 bits per heavy atom. The van der Waals surface area contributed by atoms with E-state index >= 15 is 0 Å². The third kappa shape index (κ3) is 4.94. The Kier molecular flexibility index (Phi) is 6.38. The summed E-state index contributed by atoms with van der Waals surface area (Å²) in [4.78, 5) is 30.4. The van der Waals surface area contributed by atoms with Crippen molar-refractivity contribution in [1.29, 1.82) is 0 Å². The predicted octanol–water partition coefficient (Wildman–Crippen LogP) is 1.33. The lowest BCUT2D eigenvalue weighted by Crippen LogP contribution is -2.27. The van der Waals surface area contributed by atoms with Crippen LogP contribution < -0.4 is 5.32 Å². The summed E-state index contributed by atoms with van der Waals surface area (Å²) in [6.07, 6.45) is 2.10. The van der Waals surface area contributed by atoms with E-state index in [1.165, 1.54) is 23.7 Å². The lowest BCUT2D eigenvalue weighted by Gasteiger charge is -2.16. The number of hydrogen-bond acceptors (Lipinski definition) is 9. The Morgan fingerprint density at radius 1 is 1.32 bits per heavy atom. The number of nitrogens with zero attached hydrogens (tertiary/aromatic N) is 4. The van der Waals surface area contributed by atoms with Gasteiger partial charge >= 0.3 is 7.60 Å². The van der Waals surface area contributed by atoms with Gasteiger partial charge in [-0.3, -0.25) is 9.13 Å². The van der Waals surface area contributed by atoms with E-state index < -0.39 is 32.4 Å². The van der Waals surface area contributed by atoms with Gasteiger partial charge in [0, 0.05) is 6.54 Å². The lowest BCUT2D eigenvalue weighted by atomic mass is 10.1. The second-order valence-electron chi connectivity index (χ2n) is 7.62. The fourth-order valence-electron chi connectivity index (χ4n) is 3.79. The maximum absolute atomic E-state index is 10.9. The molecule has 1 aliphatic heterocycles. The molecule has 2 fully saturated rings. The number of nitrogens with one attached hydrogen (secondary N) is 1. The molecule has 0 bridgehead atoms. The number of aliphatic hydroxyl groups is 2. The van der Waals surface area contributed by atoms with Gasteiger partial charge in [0.2, 0.25) is 11.5 Å². The molecule has 2 aromatic heterocycles. The number of rotatable bonds is 7. The summed E-state index contributed by atoms with van der Waals surface area (Å²) in [5, 5.41) is 23.9. The largest absolute Gasteiger partial charge is 0.485 e. The van der Waals surface area contributed by atoms with Gasteiger partial charge in [0.1, 0.15) is 24.8 Å². The van der Waals surface area contributed by atoms with Crippen molar-refractivity contribution in [3.63, 3.8) is 0 Å². The molecule has 14 heteroatoms. The molecule has 12 nitrogen and oxygen atoms in total. The molecule has 1 aliphatic carbocycles. The van der Waals surface area contributed by atoms with Gasteiger partial charge in [-0.25, -0.2) is 4.98 Å². The monoisotopic (exact) mass is 475 g/mol. The summed E-state index contributed by atoms with van der Waals surface area (Å²) in [6, 6.07) is 0. The van der Waals surface area contributed by atoms with E-state index in [9.17, 15) is 14.8 Å². The van der Waals surface area contributed by atoms with Crippen molar-refractivity contribution < 1.29 is 34.0 Å². The van der Waals surface area contributed by atoms with Gasteiger partial charge in [0.15, 0.2) is 29.1 Å². The third-order valence-electron chi connectivity index (χ3n) is 5.31. The highest BCUT2D eigenvalue weighted by Gasteiger charge is 2.42. The van der Waals surface area contributed by atoms with Crippen molar-refractivity contribution in [2.45, 2.75) is 44.1 Å². The summed E-state index contributed by atoms with van der Waals surface area (Å²) in [5.41, 5.74) is 0.727. The molecule has 0 radical (unpaired) electrons. The van der Waals surface area contributed by atoms with Crippen LogP contribution in [0.1, 0.15) is 31.9 Å². The van der Waals surface area contributed by atoms with Crippen molar-refractivity contribution in [1.82, 2.24) is 19.5 Å². The Hall–Kier alpha value is -1.95. The number of hydrogen-bond donors (Lipinski definition) is 5. The smallest absolute Gasteiger partial charge is 0.362 e. The molecule has 4 rings (SSSR count). The first kappa shape index (κ1) is 22.3. The molecule has 3 heterocycles. The molecule has 5 N–H and O–H groups in total. The van der Waals surface area contributed by atoms with E-state index in [1.807, 2.05) is 0 Å². The van der Waals surface area contributed by atoms with Crippen LogP contribution in [0.15, 0.2) is 18.3 Å². The number of imidazole rings is 1. The Bertz CT molecular complexity index is 1020. The summed E-state index contributed by atoms with van der Waals surface area (Å²) in [5.74, 6) is 0.837. The highest BCUT2D eigenvalue weighted by atomic mass is 35.5. The van der Waals surface area contributed by atoms with Crippen molar-refractivity contribution in [3.8, 4) is 0 Å². The number of ether oxygens (including phenoxy) is 2. The molecule has 0 amide bonds. The number of fused-ring (bicyclic) bond motifs is 1. The first-order valence-corrected chi connectivity index (χ1v) is 11.9. The van der Waals surface area contributed by atoms with E-state index in [-0.39, 0.29) is 11.0 Å². The SMILES string of the molecule is O=P(O)(O)COC=C1O[C@@H](n2cnc3c(NCC4CCCC4)nc(Cl)nc32)[C@H](O)[C@@H]1O. The van der Waals surface area contributed by atoms with E-state index in [1.54, 1.807) is 0 Å². The van der Waals surface area contributed by atoms with Crippen LogP contribution in [0.5, 0.6) is 0 Å². The zero-order valence-electron chi connectivity index (χ0n) is 16.3. The van der Waals surface area contributed by atoms with E-state index in [2.05, 4.69) is 20.3 Å². The van der Waals surface area contributed by atoms with Gasteiger partial charge in [-0.05, 0) is 30.4 Å². The van der Waals surface area contributed by atoms with Crippen LogP contribution in [0.4, 0.5) is 5.82 Å². The fraction of sp³-hybridized carbons (Fsp3) is 0.588. The minimum Gasteiger partial charge on any atom is -0.485 e. The average molecular weight is 476 g/mol. The zero-order valence-corrected chi connectivity index (χ0v) is 18.0. The Balaban J connectivity index is 1.56. The first-order valence-electron chi connectivity index (χ1n) is 9.76. The molecular formula is C17H23ClN5O7P. The topological polar surface area (TPSA) is 172 Å². The second-order valence-corrected chi connectivity index (χ2v) is 9.55. The summed E-state index contributed by atoms with van der Waals surface area (Å²) < 4.78 is 22.6. The van der Waals surface area contributed by atoms with Gasteiger partial charge in [0.25, 0.3) is 0 Å². The van der Waals surface area contributed by atoms with Crippen LogP contribution in [0.2, 0.25) is 5.28 Å². The van der Waals surface area contributed by atoms with E-state index in [0.29, 0.717) is 22.9 Å². The van der Waals surface area contributed by atoms with Gasteiger partial charge in [-0.15, -0.1) is 0 Å². The minimum absolute atomic E-state index is 0.0167. The Labute approximate surface area is 182 Å². The third-order valence-corrected chi connectivity index (χ3v) is 5.96. The molecule has 170 valence electrons. The summed E-state index contributed by atoms with van der Waals surface area (Å²) in [6.45, 7) is 0.736. The highest BCUT2D eigenvalue weighted by molar-refractivity contribution is 7.51. The number of aliphatic hydroxyl groups excluding tert-OH is 2. The van der Waals surface area contributed by atoms with Gasteiger partial charge in [0.05, 0.1) is 0 Å². The van der Waals surface area contributed by atoms with Crippen LogP contribution in [-0.4, -0.2) is 64.6 Å². The lowest BCUT2D eigenvalue weighted by molar-refractivity contribution is -0.0122. The maximum Gasteiger partial charge on any atom is 0.362 e. The van der Waals surface area contributed by atoms with Gasteiger partial charge < -0.3 is 34.8 Å². The minimum atomic E-state index is -4.40. The van der Waals surface area contributed by atoms with Crippen LogP contribution in [0, 0.1) is 5.92 Å². The number of halogens is 1. The second kappa shape index (κ2) is 8.89. The number of anilines is 1. The molecule has 2 aromatic rings. The molecule has 3 atom stereocenters. The Morgan fingerprint density at radius 2 is 2.06 bits per heavy atom. The normalized spacial score (nSPS) is 26.0. The van der Waals surface area contributed by atoms with E-state index in [0.717, 1.165) is 25.6 Å². The number of aromatic nitrogens is 4. The molecule has 0 unspecified atom stereocenters. The van der Waals surface area contributed by atoms with Crippen molar-refractivity contribution in [3.05, 3.63) is 23.6 Å². The van der Waals surface area contributed by atoms with Crippen molar-refractivity contribution >= 4 is 36.2 Å². The fourth-order valence-corrected chi connectivity index (χ4v) is 4.23. The van der Waals surface area contributed by atoms with Crippen molar-refractivity contribution in [2.24, 2.45) is 5.92 Å². The zero-order chi connectivity index (χ0) is 22.2. The van der Waals surface area contributed by atoms with Crippen molar-refractivity contribution in [2.75, 3.05) is 18.2 Å². The van der Waals surface area contributed by atoms with Crippen LogP contribution in [0.25, 0.3) is 11.2 Å². The molecule has 1 saturated carbocycles. The van der Waals surface area contributed by atoms with Crippen LogP contribution in [0.3, 0.4) is 0 Å². The maximum atomic E-state index is 10.9. The molecule has 31 heavy (non-hydrogen) atoms. The molecule has 2 aliphatic rings. The van der Waals surface area contributed by atoms with Crippen LogP contribution >= 0.6 is 19.2 Å². The molecule has 1 saturated heterocycles. The molecule has 0 aromatic carbocycles. The molecule has 0 spiro atoms. The van der Waals surface area contributed by atoms with Crippen LogP contribution in [-0.2, 0) is 14.0 Å². The average Bonchev–Trinajstić information content (AvgIpc) is 3.41.